The smallest absolute Gasteiger partial charge is 0.418 e. The number of carbonyl (C=O) groups is 3. The third kappa shape index (κ3) is 8.29. The highest BCUT2D eigenvalue weighted by Crippen LogP contribution is 2.38. The summed E-state index contributed by atoms with van der Waals surface area (Å²) in [5, 5.41) is 6.95. The molecule has 1 aromatic heterocycles. The van der Waals surface area contributed by atoms with Crippen LogP contribution >= 0.6 is 27.3 Å². The molecule has 6 rings (SSSR count). The Morgan fingerprint density at radius 1 is 0.980 bits per heavy atom. The number of hydrogen-bond donors (Lipinski definition) is 2. The van der Waals surface area contributed by atoms with Crippen LogP contribution in [0.1, 0.15) is 42.4 Å². The summed E-state index contributed by atoms with van der Waals surface area (Å²) in [5.41, 5.74) is 6.39. The minimum Gasteiger partial charge on any atom is -0.436 e. The quantitative estimate of drug-likeness (QED) is 0.400. The number of amides is 4. The molecule has 3 N–H and O–H groups in total. The maximum absolute atomic E-state index is 14.0. The summed E-state index contributed by atoms with van der Waals surface area (Å²) >= 11 is 4.68. The lowest BCUT2D eigenvalue weighted by Crippen LogP contribution is -2.54. The van der Waals surface area contributed by atoms with Gasteiger partial charge in [-0.1, -0.05) is 0 Å². The lowest BCUT2D eigenvalue weighted by atomic mass is 9.99. The van der Waals surface area contributed by atoms with Crippen LogP contribution < -0.4 is 11.1 Å². The first-order valence-electron chi connectivity index (χ1n) is 16.8. The number of piperidine rings is 2. The van der Waals surface area contributed by atoms with E-state index in [1.54, 1.807) is 16.2 Å². The fourth-order valence-electron chi connectivity index (χ4n) is 7.32. The van der Waals surface area contributed by atoms with E-state index in [-0.39, 0.29) is 28.5 Å². The SMILES string of the molecule is CN1CCN(C2CCN(C(=O)[C@@H](Cc3cc(Br)c(N)c(C(F)(F)F)c3)OC(=O)N3CCC(N4CCc5cscc5NC4=O)CC3)CC2)CC1. The number of halogens is 4. The molecule has 3 saturated heterocycles. The number of likely N-dealkylation sites (N-methyl/N-ethyl adjacent to an activating group) is 1. The monoisotopic (exact) mass is 769 g/mol. The Kier molecular flexibility index (Phi) is 11.0. The molecule has 4 aliphatic heterocycles. The summed E-state index contributed by atoms with van der Waals surface area (Å²) in [7, 11) is 2.10. The predicted molar refractivity (Wildman–Crippen MR) is 185 cm³/mol. The number of nitrogens with zero attached hydrogens (tertiary/aromatic N) is 5. The van der Waals surface area contributed by atoms with E-state index in [0.717, 1.165) is 62.8 Å². The van der Waals surface area contributed by atoms with Crippen LogP contribution in [0.4, 0.5) is 34.1 Å². The van der Waals surface area contributed by atoms with E-state index in [0.29, 0.717) is 51.6 Å². The fraction of sp³-hybridized carbons (Fsp3) is 0.606. The molecular weight excluding hydrogens is 727 g/mol. The normalized spacial score (nSPS) is 21.2. The number of alkyl halides is 3. The molecule has 4 aliphatic rings. The number of ether oxygens (including phenoxy) is 1. The van der Waals surface area contributed by atoms with Gasteiger partial charge in [0.05, 0.1) is 16.9 Å². The summed E-state index contributed by atoms with van der Waals surface area (Å²) in [6.45, 7) is 6.07. The second kappa shape index (κ2) is 15.0. The van der Waals surface area contributed by atoms with E-state index < -0.39 is 35.5 Å². The Hall–Kier alpha value is -3.08. The molecule has 49 heavy (non-hydrogen) atoms. The van der Waals surface area contributed by atoms with Crippen molar-refractivity contribution in [2.75, 3.05) is 77.0 Å². The largest absolute Gasteiger partial charge is 0.436 e. The number of nitrogens with one attached hydrogen (secondary N) is 1. The van der Waals surface area contributed by atoms with Crippen LogP contribution in [0.25, 0.3) is 0 Å². The number of hydrogen-bond acceptors (Lipinski definition) is 8. The van der Waals surface area contributed by atoms with Crippen LogP contribution in [-0.4, -0.2) is 127 Å². The number of urea groups is 1. The summed E-state index contributed by atoms with van der Waals surface area (Å²) in [6.07, 6.45) is -3.60. The zero-order valence-corrected chi connectivity index (χ0v) is 29.9. The van der Waals surface area contributed by atoms with Gasteiger partial charge in [-0.2, -0.15) is 13.2 Å². The Morgan fingerprint density at radius 3 is 2.31 bits per heavy atom. The molecule has 0 aliphatic carbocycles. The van der Waals surface area contributed by atoms with Crippen molar-refractivity contribution in [3.05, 3.63) is 44.1 Å². The van der Waals surface area contributed by atoms with Crippen LogP contribution in [-0.2, 0) is 28.5 Å². The van der Waals surface area contributed by atoms with Crippen LogP contribution in [0.3, 0.4) is 0 Å². The molecule has 4 amide bonds. The predicted octanol–water partition coefficient (Wildman–Crippen LogP) is 4.95. The van der Waals surface area contributed by atoms with E-state index >= 15 is 0 Å². The van der Waals surface area contributed by atoms with Gasteiger partial charge in [-0.05, 0) is 83.7 Å². The number of nitrogens with two attached hydrogens (primary N) is 1. The van der Waals surface area contributed by atoms with Gasteiger partial charge in [0.1, 0.15) is 0 Å². The summed E-state index contributed by atoms with van der Waals surface area (Å²) < 4.78 is 47.4. The number of thiophene rings is 1. The molecule has 0 bridgehead atoms. The van der Waals surface area contributed by atoms with Gasteiger partial charge in [0.2, 0.25) is 0 Å². The number of likely N-dealkylation sites (tertiary alicyclic amines) is 2. The molecule has 3 fully saturated rings. The van der Waals surface area contributed by atoms with Gasteiger partial charge < -0.3 is 35.4 Å². The minimum atomic E-state index is -4.70. The molecule has 0 unspecified atom stereocenters. The molecule has 0 radical (unpaired) electrons. The van der Waals surface area contributed by atoms with Gasteiger partial charge in [-0.3, -0.25) is 9.69 Å². The first kappa shape index (κ1) is 35.7. The number of piperazine rings is 1. The first-order chi connectivity index (χ1) is 23.4. The van der Waals surface area contributed by atoms with E-state index in [1.165, 1.54) is 11.0 Å². The van der Waals surface area contributed by atoms with Crippen molar-refractivity contribution < 1.29 is 32.3 Å². The van der Waals surface area contributed by atoms with E-state index in [4.69, 9.17) is 10.5 Å². The lowest BCUT2D eigenvalue weighted by Gasteiger charge is -2.42. The average molecular weight is 771 g/mol. The molecule has 268 valence electrons. The number of nitrogen functional groups attached to an aromatic ring is 1. The summed E-state index contributed by atoms with van der Waals surface area (Å²) in [5.74, 6) is -0.421. The number of anilines is 2. The third-order valence-corrected chi connectivity index (χ3v) is 11.7. The summed E-state index contributed by atoms with van der Waals surface area (Å²) in [4.78, 5) is 50.3. The molecule has 2 aromatic rings. The van der Waals surface area contributed by atoms with Gasteiger partial charge >= 0.3 is 18.3 Å². The highest BCUT2D eigenvalue weighted by Gasteiger charge is 2.38. The maximum atomic E-state index is 14.0. The highest BCUT2D eigenvalue weighted by atomic mass is 79.9. The first-order valence-corrected chi connectivity index (χ1v) is 18.6. The number of carbonyl (C=O) groups excluding carboxylic acids is 3. The Labute approximate surface area is 296 Å². The van der Waals surface area contributed by atoms with Crippen LogP contribution in [0.15, 0.2) is 27.4 Å². The summed E-state index contributed by atoms with van der Waals surface area (Å²) in [6, 6.07) is 2.48. The van der Waals surface area contributed by atoms with Crippen molar-refractivity contribution in [1.82, 2.24) is 24.5 Å². The number of rotatable bonds is 6. The van der Waals surface area contributed by atoms with Crippen molar-refractivity contribution in [2.45, 2.75) is 62.9 Å². The molecule has 0 saturated carbocycles. The van der Waals surface area contributed by atoms with Crippen molar-refractivity contribution >= 4 is 56.7 Å². The zero-order chi connectivity index (χ0) is 34.9. The van der Waals surface area contributed by atoms with Gasteiger partial charge in [0, 0.05) is 87.3 Å². The van der Waals surface area contributed by atoms with E-state index in [2.05, 4.69) is 38.1 Å². The van der Waals surface area contributed by atoms with Crippen LogP contribution in [0, 0.1) is 0 Å². The number of benzene rings is 1. The third-order valence-electron chi connectivity index (χ3n) is 10.3. The maximum Gasteiger partial charge on any atom is 0.418 e. The second-order valence-electron chi connectivity index (χ2n) is 13.4. The lowest BCUT2D eigenvalue weighted by molar-refractivity contribution is -0.142. The van der Waals surface area contributed by atoms with Crippen LogP contribution in [0.5, 0.6) is 0 Å². The van der Waals surface area contributed by atoms with Crippen molar-refractivity contribution in [1.29, 1.82) is 0 Å². The average Bonchev–Trinajstić information content (AvgIpc) is 3.45. The molecular formula is C33H43BrF3N7O4S. The fourth-order valence-corrected chi connectivity index (χ4v) is 8.65. The van der Waals surface area contributed by atoms with Crippen molar-refractivity contribution in [3.8, 4) is 0 Å². The standard InChI is InChI=1S/C33H43BrF3N7O4S/c1-40-12-14-41(15-13-40)23-3-7-42(8-4-23)30(45)28(18-21-16-25(33(35,36)37)29(38)26(34)17-21)48-32(47)43-9-5-24(6-10-43)44-11-2-22-19-49-20-27(22)39-31(44)46/h16-17,19-20,23-24,28H,2-15,18,38H2,1H3,(H,39,46)/t28-/m1/s1. The zero-order valence-electron chi connectivity index (χ0n) is 27.5. The molecule has 0 spiro atoms. The topological polar surface area (TPSA) is 115 Å². The van der Waals surface area contributed by atoms with Gasteiger partial charge in [0.15, 0.2) is 6.10 Å². The van der Waals surface area contributed by atoms with Crippen LogP contribution in [0.2, 0.25) is 0 Å². The minimum absolute atomic E-state index is 0.0532. The second-order valence-corrected chi connectivity index (χ2v) is 15.0. The molecule has 1 atom stereocenters. The van der Waals surface area contributed by atoms with Crippen molar-refractivity contribution in [2.24, 2.45) is 0 Å². The Morgan fingerprint density at radius 2 is 1.63 bits per heavy atom. The van der Waals surface area contributed by atoms with E-state index in [1.807, 2.05) is 15.7 Å². The number of fused-ring (bicyclic) bond motifs is 1. The van der Waals surface area contributed by atoms with Gasteiger partial charge in [-0.15, -0.1) is 11.3 Å². The molecule has 1 aromatic carbocycles. The highest BCUT2D eigenvalue weighted by molar-refractivity contribution is 9.10. The van der Waals surface area contributed by atoms with Gasteiger partial charge in [0.25, 0.3) is 5.91 Å². The van der Waals surface area contributed by atoms with Crippen molar-refractivity contribution in [3.63, 3.8) is 0 Å². The Balaban J connectivity index is 1.12. The van der Waals surface area contributed by atoms with E-state index in [9.17, 15) is 27.6 Å². The molecule has 5 heterocycles. The Bertz CT molecular complexity index is 1520. The molecule has 16 heteroatoms. The van der Waals surface area contributed by atoms with Gasteiger partial charge in [-0.25, -0.2) is 9.59 Å². The molecule has 11 nitrogen and oxygen atoms in total.